The number of rotatable bonds is 10. The van der Waals surface area contributed by atoms with Gasteiger partial charge in [0.1, 0.15) is 11.8 Å². The number of nitrogens with one attached hydrogen (secondary N) is 2. The standard InChI is InChI=1S/C32H36N8O2/c1-6-30(41)35-26-17-27(29(42-5)18-28(26)38(3)13-14-40-11-7-8-12-40)37-32-34-10-9-25(36-32)22-15-23(19-33)31-24(16-22)21(2)20-39(31)4/h6,9-10,15-18,20H,1,7-8,11-14H2,2-5H3,(H,35,41)(H,34,36,37). The zero-order valence-corrected chi connectivity index (χ0v) is 24.6. The van der Waals surface area contributed by atoms with E-state index in [0.29, 0.717) is 34.3 Å². The van der Waals surface area contributed by atoms with Crippen LogP contribution in [0, 0.1) is 18.3 Å². The van der Waals surface area contributed by atoms with Gasteiger partial charge in [0.25, 0.3) is 0 Å². The molecule has 0 spiro atoms. The lowest BCUT2D eigenvalue weighted by atomic mass is 10.0. The number of hydrogen-bond donors (Lipinski definition) is 2. The van der Waals surface area contributed by atoms with Crippen molar-refractivity contribution >= 4 is 39.8 Å². The Balaban J connectivity index is 1.47. The molecule has 42 heavy (non-hydrogen) atoms. The summed E-state index contributed by atoms with van der Waals surface area (Å²) in [6.45, 7) is 9.62. The van der Waals surface area contributed by atoms with E-state index in [2.05, 4.69) is 38.1 Å². The van der Waals surface area contributed by atoms with Crippen LogP contribution >= 0.6 is 0 Å². The first kappa shape index (κ1) is 28.6. The lowest BCUT2D eigenvalue weighted by Crippen LogP contribution is -2.32. The van der Waals surface area contributed by atoms with Crippen molar-refractivity contribution in [2.45, 2.75) is 19.8 Å². The van der Waals surface area contributed by atoms with E-state index in [0.717, 1.165) is 53.9 Å². The van der Waals surface area contributed by atoms with Crippen LogP contribution in [0.3, 0.4) is 0 Å². The molecule has 3 heterocycles. The van der Waals surface area contributed by atoms with Gasteiger partial charge in [-0.2, -0.15) is 5.26 Å². The van der Waals surface area contributed by atoms with Gasteiger partial charge < -0.3 is 29.7 Å². The van der Waals surface area contributed by atoms with Gasteiger partial charge in [0, 0.05) is 56.6 Å². The van der Waals surface area contributed by atoms with Crippen molar-refractivity contribution < 1.29 is 9.53 Å². The molecule has 1 amide bonds. The molecular weight excluding hydrogens is 528 g/mol. The molecule has 5 rings (SSSR count). The van der Waals surface area contributed by atoms with Crippen molar-refractivity contribution in [2.24, 2.45) is 7.05 Å². The smallest absolute Gasteiger partial charge is 0.247 e. The monoisotopic (exact) mass is 564 g/mol. The van der Waals surface area contributed by atoms with E-state index in [1.54, 1.807) is 13.3 Å². The lowest BCUT2D eigenvalue weighted by Gasteiger charge is -2.26. The predicted octanol–water partition coefficient (Wildman–Crippen LogP) is 5.22. The Kier molecular flexibility index (Phi) is 8.41. The first-order chi connectivity index (χ1) is 20.3. The van der Waals surface area contributed by atoms with E-state index in [9.17, 15) is 10.1 Å². The first-order valence-electron chi connectivity index (χ1n) is 14.0. The molecule has 1 fully saturated rings. The van der Waals surface area contributed by atoms with Gasteiger partial charge in [-0.15, -0.1) is 0 Å². The molecule has 0 unspecified atom stereocenters. The van der Waals surface area contributed by atoms with E-state index in [1.807, 2.05) is 62.1 Å². The fourth-order valence-electron chi connectivity index (χ4n) is 5.53. The summed E-state index contributed by atoms with van der Waals surface area (Å²) in [7, 11) is 5.56. The molecule has 10 heteroatoms. The SMILES string of the molecule is C=CC(=O)Nc1cc(Nc2nccc(-c3cc(C#N)c4c(c3)c(C)cn4C)n2)c(OC)cc1N(C)CCN1CCCC1. The van der Waals surface area contributed by atoms with Crippen molar-refractivity contribution in [3.05, 3.63) is 66.5 Å². The quantitative estimate of drug-likeness (QED) is 0.252. The van der Waals surface area contributed by atoms with Gasteiger partial charge >= 0.3 is 0 Å². The molecule has 216 valence electrons. The summed E-state index contributed by atoms with van der Waals surface area (Å²) in [4.78, 5) is 26.1. The van der Waals surface area contributed by atoms with E-state index in [4.69, 9.17) is 9.72 Å². The molecule has 0 bridgehead atoms. The van der Waals surface area contributed by atoms with Crippen molar-refractivity contribution in [3.63, 3.8) is 0 Å². The van der Waals surface area contributed by atoms with Crippen molar-refractivity contribution in [3.8, 4) is 23.1 Å². The lowest BCUT2D eigenvalue weighted by molar-refractivity contribution is -0.111. The minimum Gasteiger partial charge on any atom is -0.494 e. The highest BCUT2D eigenvalue weighted by atomic mass is 16.5. The number of likely N-dealkylation sites (N-methyl/N-ethyl adjacent to an activating group) is 1. The van der Waals surface area contributed by atoms with Gasteiger partial charge in [0.15, 0.2) is 0 Å². The van der Waals surface area contributed by atoms with Crippen LogP contribution in [0.5, 0.6) is 5.75 Å². The molecule has 0 atom stereocenters. The highest BCUT2D eigenvalue weighted by Crippen LogP contribution is 2.38. The summed E-state index contributed by atoms with van der Waals surface area (Å²) < 4.78 is 7.73. The number of aryl methyl sites for hydroxylation is 2. The number of benzene rings is 2. The number of nitriles is 1. The number of carbonyl (C=O) groups excluding carboxylic acids is 1. The second kappa shape index (κ2) is 12.3. The predicted molar refractivity (Wildman–Crippen MR) is 167 cm³/mol. The third kappa shape index (κ3) is 5.92. The van der Waals surface area contributed by atoms with Crippen LogP contribution < -0.4 is 20.3 Å². The molecular formula is C32H36N8O2. The second-order valence-corrected chi connectivity index (χ2v) is 10.6. The molecule has 0 saturated carbocycles. The van der Waals surface area contributed by atoms with E-state index < -0.39 is 0 Å². The van der Waals surface area contributed by atoms with Crippen molar-refractivity contribution in [1.29, 1.82) is 5.26 Å². The minimum atomic E-state index is -0.307. The van der Waals surface area contributed by atoms with Crippen LogP contribution in [-0.2, 0) is 11.8 Å². The van der Waals surface area contributed by atoms with E-state index in [1.165, 1.54) is 18.9 Å². The fourth-order valence-corrected chi connectivity index (χ4v) is 5.53. The number of likely N-dealkylation sites (tertiary alicyclic amines) is 1. The second-order valence-electron chi connectivity index (χ2n) is 10.6. The summed E-state index contributed by atoms with van der Waals surface area (Å²) in [5, 5.41) is 17.1. The molecule has 2 aromatic carbocycles. The van der Waals surface area contributed by atoms with Gasteiger partial charge in [-0.05, 0) is 68.8 Å². The number of aromatic nitrogens is 3. The number of amides is 1. The minimum absolute atomic E-state index is 0.307. The molecule has 10 nitrogen and oxygen atoms in total. The Morgan fingerprint density at radius 2 is 2.02 bits per heavy atom. The molecule has 1 aliphatic heterocycles. The molecule has 1 aliphatic rings. The zero-order valence-electron chi connectivity index (χ0n) is 24.6. The summed E-state index contributed by atoms with van der Waals surface area (Å²) in [5.74, 6) is 0.625. The van der Waals surface area contributed by atoms with E-state index >= 15 is 0 Å². The molecule has 0 radical (unpaired) electrons. The summed E-state index contributed by atoms with van der Waals surface area (Å²) in [6, 6.07) is 11.8. The number of fused-ring (bicyclic) bond motifs is 1. The maximum Gasteiger partial charge on any atom is 0.247 e. The molecule has 1 saturated heterocycles. The topological polar surface area (TPSA) is 111 Å². The fraction of sp³-hybridized carbons (Fsp3) is 0.312. The first-order valence-corrected chi connectivity index (χ1v) is 14.0. The zero-order chi connectivity index (χ0) is 29.8. The largest absolute Gasteiger partial charge is 0.494 e. The maximum atomic E-state index is 12.4. The molecule has 2 N–H and O–H groups in total. The summed E-state index contributed by atoms with van der Waals surface area (Å²) in [6.07, 6.45) is 7.42. The van der Waals surface area contributed by atoms with Gasteiger partial charge in [0.2, 0.25) is 11.9 Å². The van der Waals surface area contributed by atoms with Gasteiger partial charge in [-0.1, -0.05) is 6.58 Å². The molecule has 4 aromatic rings. The highest BCUT2D eigenvalue weighted by molar-refractivity contribution is 6.02. The maximum absolute atomic E-state index is 12.4. The van der Waals surface area contributed by atoms with Crippen LogP contribution in [0.2, 0.25) is 0 Å². The Labute approximate surface area is 246 Å². The summed E-state index contributed by atoms with van der Waals surface area (Å²) in [5.41, 5.74) is 6.10. The van der Waals surface area contributed by atoms with Crippen LogP contribution in [0.25, 0.3) is 22.2 Å². The van der Waals surface area contributed by atoms with Crippen LogP contribution in [0.1, 0.15) is 24.0 Å². The Hall–Kier alpha value is -4.88. The average Bonchev–Trinajstić information content (AvgIpc) is 3.63. The number of anilines is 4. The van der Waals surface area contributed by atoms with Crippen molar-refractivity contribution in [2.75, 3.05) is 55.9 Å². The van der Waals surface area contributed by atoms with Gasteiger partial charge in [0.05, 0.1) is 40.9 Å². The van der Waals surface area contributed by atoms with Crippen LogP contribution in [0.4, 0.5) is 23.0 Å². The third-order valence-electron chi connectivity index (χ3n) is 7.72. The third-order valence-corrected chi connectivity index (χ3v) is 7.72. The van der Waals surface area contributed by atoms with Crippen molar-refractivity contribution in [1.82, 2.24) is 19.4 Å². The summed E-state index contributed by atoms with van der Waals surface area (Å²) >= 11 is 0. The van der Waals surface area contributed by atoms with Crippen LogP contribution in [-0.4, -0.2) is 65.7 Å². The molecule has 0 aliphatic carbocycles. The number of methoxy groups -OCH3 is 1. The highest BCUT2D eigenvalue weighted by Gasteiger charge is 2.19. The van der Waals surface area contributed by atoms with Gasteiger partial charge in [-0.25, -0.2) is 9.97 Å². The normalized spacial score (nSPS) is 13.1. The Morgan fingerprint density at radius 3 is 2.74 bits per heavy atom. The van der Waals surface area contributed by atoms with Crippen LogP contribution in [0.15, 0.2) is 55.4 Å². The number of nitrogens with zero attached hydrogens (tertiary/aromatic N) is 6. The number of hydrogen-bond acceptors (Lipinski definition) is 8. The molecule has 2 aromatic heterocycles. The Morgan fingerprint density at radius 1 is 1.24 bits per heavy atom. The Bertz CT molecular complexity index is 1680. The van der Waals surface area contributed by atoms with E-state index in [-0.39, 0.29) is 5.91 Å². The number of ether oxygens (including phenoxy) is 1. The average molecular weight is 565 g/mol. The number of carbonyl (C=O) groups is 1. The van der Waals surface area contributed by atoms with Gasteiger partial charge in [-0.3, -0.25) is 4.79 Å².